The van der Waals surface area contributed by atoms with Crippen LogP contribution in [0.15, 0.2) is 11.6 Å². The van der Waals surface area contributed by atoms with Crippen molar-refractivity contribution in [3.8, 4) is 0 Å². The van der Waals surface area contributed by atoms with Crippen LogP contribution in [0.4, 0.5) is 0 Å². The third kappa shape index (κ3) is 3.22. The SMILES string of the molecule is CCCC=C(C(=O)O)C(CC)(C(=O)O)C1CCCCC1. The largest absolute Gasteiger partial charge is 0.481 e. The Kier molecular flexibility index (Phi) is 6.24. The summed E-state index contributed by atoms with van der Waals surface area (Å²) < 4.78 is 0. The van der Waals surface area contributed by atoms with Crippen molar-refractivity contribution < 1.29 is 19.8 Å². The Morgan fingerprint density at radius 2 is 1.75 bits per heavy atom. The summed E-state index contributed by atoms with van der Waals surface area (Å²) in [5, 5.41) is 19.3. The van der Waals surface area contributed by atoms with Crippen molar-refractivity contribution in [3.63, 3.8) is 0 Å². The van der Waals surface area contributed by atoms with E-state index in [9.17, 15) is 19.8 Å². The van der Waals surface area contributed by atoms with Gasteiger partial charge in [-0.25, -0.2) is 4.79 Å². The van der Waals surface area contributed by atoms with E-state index in [4.69, 9.17) is 0 Å². The molecule has 0 aromatic rings. The lowest BCUT2D eigenvalue weighted by atomic mass is 9.63. The number of aliphatic carboxylic acids is 2. The van der Waals surface area contributed by atoms with Gasteiger partial charge in [0.1, 0.15) is 5.41 Å². The average molecular weight is 282 g/mol. The van der Waals surface area contributed by atoms with Crippen molar-refractivity contribution in [2.24, 2.45) is 11.3 Å². The van der Waals surface area contributed by atoms with Crippen LogP contribution in [0.25, 0.3) is 0 Å². The van der Waals surface area contributed by atoms with Crippen molar-refractivity contribution in [2.45, 2.75) is 65.2 Å². The molecule has 1 saturated carbocycles. The van der Waals surface area contributed by atoms with E-state index in [1.165, 1.54) is 0 Å². The molecular formula is C16H26O4. The molecule has 0 aliphatic heterocycles. The van der Waals surface area contributed by atoms with Gasteiger partial charge in [0.15, 0.2) is 0 Å². The summed E-state index contributed by atoms with van der Waals surface area (Å²) in [7, 11) is 0. The van der Waals surface area contributed by atoms with Crippen LogP contribution < -0.4 is 0 Å². The second kappa shape index (κ2) is 7.46. The van der Waals surface area contributed by atoms with Gasteiger partial charge in [0.2, 0.25) is 0 Å². The summed E-state index contributed by atoms with van der Waals surface area (Å²) in [5.41, 5.74) is -1.12. The first kappa shape index (κ1) is 16.7. The Bertz CT molecular complexity index is 380. The Balaban J connectivity index is 3.26. The number of carboxylic acids is 2. The van der Waals surface area contributed by atoms with Gasteiger partial charge >= 0.3 is 11.9 Å². The van der Waals surface area contributed by atoms with Crippen molar-refractivity contribution >= 4 is 11.9 Å². The number of allylic oxidation sites excluding steroid dienone is 1. The molecule has 20 heavy (non-hydrogen) atoms. The normalized spacial score (nSPS) is 20.4. The minimum absolute atomic E-state index is 0.0574. The molecule has 0 bridgehead atoms. The van der Waals surface area contributed by atoms with Gasteiger partial charge in [-0.2, -0.15) is 0 Å². The summed E-state index contributed by atoms with van der Waals surface area (Å²) in [6.45, 7) is 3.76. The summed E-state index contributed by atoms with van der Waals surface area (Å²) in [4.78, 5) is 23.6. The van der Waals surface area contributed by atoms with E-state index in [0.717, 1.165) is 38.5 Å². The Morgan fingerprint density at radius 3 is 2.15 bits per heavy atom. The predicted octanol–water partition coefficient (Wildman–Crippen LogP) is 3.86. The highest BCUT2D eigenvalue weighted by atomic mass is 16.4. The van der Waals surface area contributed by atoms with Crippen LogP contribution >= 0.6 is 0 Å². The Hall–Kier alpha value is -1.32. The van der Waals surface area contributed by atoms with Gasteiger partial charge in [-0.15, -0.1) is 0 Å². The lowest BCUT2D eigenvalue weighted by molar-refractivity contribution is -0.154. The van der Waals surface area contributed by atoms with Gasteiger partial charge in [-0.1, -0.05) is 45.6 Å². The first-order valence-electron chi connectivity index (χ1n) is 7.68. The zero-order valence-electron chi connectivity index (χ0n) is 12.5. The average Bonchev–Trinajstić information content (AvgIpc) is 2.43. The monoisotopic (exact) mass is 282 g/mol. The summed E-state index contributed by atoms with van der Waals surface area (Å²) in [6, 6.07) is 0. The molecule has 1 aliphatic rings. The van der Waals surface area contributed by atoms with Crippen LogP contribution in [0.5, 0.6) is 0 Å². The number of carboxylic acid groups (broad SMARTS) is 2. The van der Waals surface area contributed by atoms with E-state index in [1.807, 2.05) is 6.92 Å². The van der Waals surface area contributed by atoms with Crippen molar-refractivity contribution in [3.05, 3.63) is 11.6 Å². The highest BCUT2D eigenvalue weighted by molar-refractivity contribution is 5.96. The minimum atomic E-state index is -1.22. The molecule has 0 heterocycles. The molecular weight excluding hydrogens is 256 g/mol. The first-order chi connectivity index (χ1) is 9.50. The third-order valence-corrected chi connectivity index (χ3v) is 4.59. The van der Waals surface area contributed by atoms with Crippen LogP contribution in [0.3, 0.4) is 0 Å². The maximum atomic E-state index is 12.0. The number of hydrogen-bond donors (Lipinski definition) is 2. The van der Waals surface area contributed by atoms with Crippen molar-refractivity contribution in [1.82, 2.24) is 0 Å². The number of hydrogen-bond acceptors (Lipinski definition) is 2. The zero-order valence-corrected chi connectivity index (χ0v) is 12.5. The molecule has 4 heteroatoms. The maximum absolute atomic E-state index is 12.0. The standard InChI is InChI=1S/C16H26O4/c1-3-5-11-13(14(17)18)16(4-2,15(19)20)12-9-7-6-8-10-12/h11-12H,3-10H2,1-2H3,(H,17,18)(H,19,20). The Morgan fingerprint density at radius 1 is 1.15 bits per heavy atom. The van der Waals surface area contributed by atoms with Crippen LogP contribution in [-0.2, 0) is 9.59 Å². The van der Waals surface area contributed by atoms with Gasteiger partial charge in [0.25, 0.3) is 0 Å². The molecule has 0 spiro atoms. The quantitative estimate of drug-likeness (QED) is 0.695. The van der Waals surface area contributed by atoms with E-state index >= 15 is 0 Å². The number of rotatable bonds is 7. The highest BCUT2D eigenvalue weighted by Gasteiger charge is 2.49. The van der Waals surface area contributed by atoms with E-state index in [-0.39, 0.29) is 11.5 Å². The zero-order chi connectivity index (χ0) is 15.2. The van der Waals surface area contributed by atoms with Crippen LogP contribution in [0.2, 0.25) is 0 Å². The maximum Gasteiger partial charge on any atom is 0.332 e. The highest BCUT2D eigenvalue weighted by Crippen LogP contribution is 2.46. The van der Waals surface area contributed by atoms with E-state index in [1.54, 1.807) is 13.0 Å². The molecule has 1 fully saturated rings. The molecule has 0 amide bonds. The molecule has 1 atom stereocenters. The fourth-order valence-corrected chi connectivity index (χ4v) is 3.48. The van der Waals surface area contributed by atoms with E-state index in [2.05, 4.69) is 0 Å². The van der Waals surface area contributed by atoms with Gasteiger partial charge in [-0.05, 0) is 31.6 Å². The van der Waals surface area contributed by atoms with Gasteiger partial charge in [-0.3, -0.25) is 4.79 Å². The van der Waals surface area contributed by atoms with Gasteiger partial charge < -0.3 is 10.2 Å². The number of unbranched alkanes of at least 4 members (excludes halogenated alkanes) is 1. The smallest absolute Gasteiger partial charge is 0.332 e. The predicted molar refractivity (Wildman–Crippen MR) is 77.6 cm³/mol. The molecule has 114 valence electrons. The molecule has 4 nitrogen and oxygen atoms in total. The molecule has 0 saturated heterocycles. The minimum Gasteiger partial charge on any atom is -0.481 e. The molecule has 0 radical (unpaired) electrons. The molecule has 1 unspecified atom stereocenters. The van der Waals surface area contributed by atoms with Crippen LogP contribution in [0.1, 0.15) is 65.2 Å². The summed E-state index contributed by atoms with van der Waals surface area (Å²) >= 11 is 0. The lowest BCUT2D eigenvalue weighted by Gasteiger charge is -2.39. The molecule has 0 aromatic carbocycles. The lowest BCUT2D eigenvalue weighted by Crippen LogP contribution is -2.43. The fraction of sp³-hybridized carbons (Fsp3) is 0.750. The van der Waals surface area contributed by atoms with Gasteiger partial charge in [0, 0.05) is 0 Å². The third-order valence-electron chi connectivity index (χ3n) is 4.59. The fourth-order valence-electron chi connectivity index (χ4n) is 3.48. The molecule has 0 aromatic heterocycles. The molecule has 1 rings (SSSR count). The summed E-state index contributed by atoms with van der Waals surface area (Å²) in [6.07, 6.45) is 8.17. The van der Waals surface area contributed by atoms with E-state index in [0.29, 0.717) is 12.8 Å². The van der Waals surface area contributed by atoms with Crippen molar-refractivity contribution in [1.29, 1.82) is 0 Å². The second-order valence-electron chi connectivity index (χ2n) is 5.68. The molecule has 2 N–H and O–H groups in total. The second-order valence-corrected chi connectivity index (χ2v) is 5.68. The Labute approximate surface area is 120 Å². The van der Waals surface area contributed by atoms with Crippen LogP contribution in [0, 0.1) is 11.3 Å². The number of carbonyl (C=O) groups is 2. The first-order valence-corrected chi connectivity index (χ1v) is 7.68. The van der Waals surface area contributed by atoms with Crippen LogP contribution in [-0.4, -0.2) is 22.2 Å². The van der Waals surface area contributed by atoms with Gasteiger partial charge in [0.05, 0.1) is 5.57 Å². The van der Waals surface area contributed by atoms with Crippen molar-refractivity contribution in [2.75, 3.05) is 0 Å². The summed E-state index contributed by atoms with van der Waals surface area (Å²) in [5.74, 6) is -2.11. The topological polar surface area (TPSA) is 74.6 Å². The van der Waals surface area contributed by atoms with E-state index < -0.39 is 17.4 Å². The molecule has 1 aliphatic carbocycles.